The van der Waals surface area contributed by atoms with Gasteiger partial charge in [-0.05, 0) is 36.8 Å². The number of nitrogens with one attached hydrogen (secondary N) is 1. The average Bonchev–Trinajstić information content (AvgIpc) is 2.65. The Morgan fingerprint density at radius 3 is 2.44 bits per heavy atom. The highest BCUT2D eigenvalue weighted by Crippen LogP contribution is 2.17. The van der Waals surface area contributed by atoms with Crippen LogP contribution in [0.1, 0.15) is 49.4 Å². The molecule has 2 amide bonds. The van der Waals surface area contributed by atoms with E-state index in [0.717, 1.165) is 31.4 Å². The monoisotopic (exact) mass is 338 g/mol. The highest BCUT2D eigenvalue weighted by atomic mass is 16.2. The van der Waals surface area contributed by atoms with Crippen LogP contribution in [0.4, 0.5) is 11.4 Å². The molecule has 0 spiro atoms. The second kappa shape index (κ2) is 9.62. The summed E-state index contributed by atoms with van der Waals surface area (Å²) in [5.41, 5.74) is 2.04. The van der Waals surface area contributed by atoms with Gasteiger partial charge in [0.15, 0.2) is 0 Å². The van der Waals surface area contributed by atoms with E-state index in [1.165, 1.54) is 0 Å². The summed E-state index contributed by atoms with van der Waals surface area (Å²) in [6.45, 7) is 2.15. The van der Waals surface area contributed by atoms with E-state index >= 15 is 0 Å². The van der Waals surface area contributed by atoms with E-state index in [9.17, 15) is 9.59 Å². The van der Waals surface area contributed by atoms with Gasteiger partial charge < -0.3 is 10.2 Å². The fourth-order valence-corrected chi connectivity index (χ4v) is 2.63. The van der Waals surface area contributed by atoms with Gasteiger partial charge >= 0.3 is 0 Å². The van der Waals surface area contributed by atoms with Gasteiger partial charge in [0.05, 0.1) is 0 Å². The van der Waals surface area contributed by atoms with Gasteiger partial charge in [0.2, 0.25) is 5.91 Å². The molecule has 0 aliphatic rings. The van der Waals surface area contributed by atoms with Crippen molar-refractivity contribution in [3.8, 4) is 0 Å². The number of hydrogen-bond acceptors (Lipinski definition) is 2. The standard InChI is InChI=1S/C21H26N2O2/c1-3-4-5-9-15-20(24)22-18-12-10-11-17(16-18)21(25)23(2)19-13-7-6-8-14-19/h6-8,10-14,16H,3-5,9,15H2,1-2H3,(H,22,24). The van der Waals surface area contributed by atoms with Crippen LogP contribution in [0.15, 0.2) is 54.6 Å². The lowest BCUT2D eigenvalue weighted by molar-refractivity contribution is -0.116. The van der Waals surface area contributed by atoms with Gasteiger partial charge in [-0.3, -0.25) is 9.59 Å². The average molecular weight is 338 g/mol. The Hall–Kier alpha value is -2.62. The van der Waals surface area contributed by atoms with Crippen LogP contribution in [0.25, 0.3) is 0 Å². The minimum absolute atomic E-state index is 0.00267. The lowest BCUT2D eigenvalue weighted by Gasteiger charge is -2.17. The second-order valence-corrected chi connectivity index (χ2v) is 6.14. The first-order valence-electron chi connectivity index (χ1n) is 8.85. The molecular formula is C21H26N2O2. The van der Waals surface area contributed by atoms with Crippen LogP contribution in [-0.2, 0) is 4.79 Å². The third-order valence-corrected chi connectivity index (χ3v) is 4.10. The van der Waals surface area contributed by atoms with Gasteiger partial charge in [0.1, 0.15) is 0 Å². The molecule has 2 rings (SSSR count). The van der Waals surface area contributed by atoms with Crippen LogP contribution in [0.3, 0.4) is 0 Å². The number of para-hydroxylation sites is 1. The largest absolute Gasteiger partial charge is 0.326 e. The molecule has 0 fully saturated rings. The van der Waals surface area contributed by atoms with Gasteiger partial charge in [0, 0.05) is 30.4 Å². The van der Waals surface area contributed by atoms with Crippen molar-refractivity contribution in [1.29, 1.82) is 0 Å². The van der Waals surface area contributed by atoms with E-state index in [1.807, 2.05) is 36.4 Å². The number of benzene rings is 2. The fraction of sp³-hybridized carbons (Fsp3) is 0.333. The molecule has 25 heavy (non-hydrogen) atoms. The molecule has 0 saturated heterocycles. The van der Waals surface area contributed by atoms with Gasteiger partial charge in [-0.25, -0.2) is 0 Å². The topological polar surface area (TPSA) is 49.4 Å². The highest BCUT2D eigenvalue weighted by Gasteiger charge is 2.14. The molecule has 132 valence electrons. The number of carbonyl (C=O) groups is 2. The van der Waals surface area contributed by atoms with Crippen LogP contribution in [-0.4, -0.2) is 18.9 Å². The molecule has 0 aromatic heterocycles. The molecule has 0 saturated carbocycles. The minimum Gasteiger partial charge on any atom is -0.326 e. The number of carbonyl (C=O) groups excluding carboxylic acids is 2. The molecule has 0 aliphatic carbocycles. The molecule has 0 bridgehead atoms. The molecule has 0 aliphatic heterocycles. The number of hydrogen-bond donors (Lipinski definition) is 1. The van der Waals surface area contributed by atoms with E-state index in [0.29, 0.717) is 17.7 Å². The normalized spacial score (nSPS) is 10.3. The number of nitrogens with zero attached hydrogens (tertiary/aromatic N) is 1. The molecule has 2 aromatic carbocycles. The predicted molar refractivity (Wildman–Crippen MR) is 103 cm³/mol. The molecule has 1 N–H and O–H groups in total. The van der Waals surface area contributed by atoms with Crippen molar-refractivity contribution in [2.24, 2.45) is 0 Å². The van der Waals surface area contributed by atoms with Crippen molar-refractivity contribution in [1.82, 2.24) is 0 Å². The van der Waals surface area contributed by atoms with Gasteiger partial charge in [-0.15, -0.1) is 0 Å². The molecule has 0 heterocycles. The highest BCUT2D eigenvalue weighted by molar-refractivity contribution is 6.06. The summed E-state index contributed by atoms with van der Waals surface area (Å²) < 4.78 is 0. The third kappa shape index (κ3) is 5.75. The minimum atomic E-state index is -0.106. The van der Waals surface area contributed by atoms with Crippen LogP contribution in [0.5, 0.6) is 0 Å². The number of amides is 2. The lowest BCUT2D eigenvalue weighted by Crippen LogP contribution is -2.26. The van der Waals surface area contributed by atoms with E-state index in [4.69, 9.17) is 0 Å². The summed E-state index contributed by atoms with van der Waals surface area (Å²) in [6, 6.07) is 16.6. The maximum absolute atomic E-state index is 12.6. The summed E-state index contributed by atoms with van der Waals surface area (Å²) in [5.74, 6) is -0.109. The quantitative estimate of drug-likeness (QED) is 0.698. The molecule has 4 heteroatoms. The Kier molecular flexibility index (Phi) is 7.20. The van der Waals surface area contributed by atoms with Crippen molar-refractivity contribution >= 4 is 23.2 Å². The maximum Gasteiger partial charge on any atom is 0.258 e. The van der Waals surface area contributed by atoms with Crippen molar-refractivity contribution in [2.75, 3.05) is 17.3 Å². The summed E-state index contributed by atoms with van der Waals surface area (Å²) in [6.07, 6.45) is 4.80. The zero-order valence-electron chi connectivity index (χ0n) is 15.0. The third-order valence-electron chi connectivity index (χ3n) is 4.10. The van der Waals surface area contributed by atoms with Gasteiger partial charge in [-0.1, -0.05) is 50.5 Å². The Labute approximate surface area is 149 Å². The first-order chi connectivity index (χ1) is 12.1. The molecule has 0 radical (unpaired) electrons. The Morgan fingerprint density at radius 2 is 1.72 bits per heavy atom. The van der Waals surface area contributed by atoms with E-state index in [1.54, 1.807) is 30.1 Å². The van der Waals surface area contributed by atoms with Gasteiger partial charge in [0.25, 0.3) is 5.91 Å². The SMILES string of the molecule is CCCCCCC(=O)Nc1cccc(C(=O)N(C)c2ccccc2)c1. The molecule has 2 aromatic rings. The summed E-state index contributed by atoms with van der Waals surface area (Å²) >= 11 is 0. The first-order valence-corrected chi connectivity index (χ1v) is 8.85. The smallest absolute Gasteiger partial charge is 0.258 e. The van der Waals surface area contributed by atoms with Crippen LogP contribution in [0.2, 0.25) is 0 Å². The first kappa shape index (κ1) is 18.7. The number of unbranched alkanes of at least 4 members (excludes halogenated alkanes) is 3. The zero-order valence-corrected chi connectivity index (χ0v) is 15.0. The van der Waals surface area contributed by atoms with E-state index in [-0.39, 0.29) is 11.8 Å². The van der Waals surface area contributed by atoms with Crippen LogP contribution in [0, 0.1) is 0 Å². The van der Waals surface area contributed by atoms with E-state index < -0.39 is 0 Å². The van der Waals surface area contributed by atoms with Crippen molar-refractivity contribution in [2.45, 2.75) is 39.0 Å². The maximum atomic E-state index is 12.6. The molecule has 0 unspecified atom stereocenters. The molecular weight excluding hydrogens is 312 g/mol. The number of rotatable bonds is 8. The summed E-state index contributed by atoms with van der Waals surface area (Å²) in [5, 5.41) is 2.88. The predicted octanol–water partition coefficient (Wildman–Crippen LogP) is 4.87. The molecule has 0 atom stereocenters. The fourth-order valence-electron chi connectivity index (χ4n) is 2.63. The zero-order chi connectivity index (χ0) is 18.1. The van der Waals surface area contributed by atoms with Crippen molar-refractivity contribution in [3.05, 3.63) is 60.2 Å². The van der Waals surface area contributed by atoms with Crippen LogP contribution < -0.4 is 10.2 Å². The lowest BCUT2D eigenvalue weighted by atomic mass is 10.1. The Balaban J connectivity index is 1.98. The van der Waals surface area contributed by atoms with E-state index in [2.05, 4.69) is 12.2 Å². The Bertz CT molecular complexity index is 698. The Morgan fingerprint density at radius 1 is 0.960 bits per heavy atom. The van der Waals surface area contributed by atoms with Crippen molar-refractivity contribution in [3.63, 3.8) is 0 Å². The van der Waals surface area contributed by atoms with Gasteiger partial charge in [-0.2, -0.15) is 0 Å². The van der Waals surface area contributed by atoms with Crippen LogP contribution >= 0.6 is 0 Å². The molecule has 4 nitrogen and oxygen atoms in total. The second-order valence-electron chi connectivity index (χ2n) is 6.14. The van der Waals surface area contributed by atoms with Crippen molar-refractivity contribution < 1.29 is 9.59 Å². The summed E-state index contributed by atoms with van der Waals surface area (Å²) in [7, 11) is 1.75. The number of anilines is 2. The summed E-state index contributed by atoms with van der Waals surface area (Å²) in [4.78, 5) is 26.2.